The van der Waals surface area contributed by atoms with Gasteiger partial charge in [-0.2, -0.15) is 18.4 Å². The summed E-state index contributed by atoms with van der Waals surface area (Å²) >= 11 is 1.34. The molecule has 29 heavy (non-hydrogen) atoms. The number of carbonyl (C=O) groups is 1. The maximum absolute atomic E-state index is 12.8. The summed E-state index contributed by atoms with van der Waals surface area (Å²) in [5.74, 6) is -0.00428. The van der Waals surface area contributed by atoms with E-state index in [0.717, 1.165) is 17.7 Å². The van der Waals surface area contributed by atoms with Crippen LogP contribution in [0.5, 0.6) is 0 Å². The van der Waals surface area contributed by atoms with Gasteiger partial charge in [-0.15, -0.1) is 11.8 Å². The molecule has 2 aromatic heterocycles. The molecule has 0 aliphatic heterocycles. The Morgan fingerprint density at radius 3 is 2.59 bits per heavy atom. The number of thioether (sulfide) groups is 1. The Hall–Kier alpha value is -3.38. The number of hydrogen-bond acceptors (Lipinski definition) is 5. The molecule has 9 heteroatoms. The first-order valence-electron chi connectivity index (χ1n) is 8.28. The largest absolute Gasteiger partial charge is 0.416 e. The van der Waals surface area contributed by atoms with Crippen molar-refractivity contribution in [2.45, 2.75) is 17.0 Å². The van der Waals surface area contributed by atoms with Crippen molar-refractivity contribution in [2.75, 3.05) is 5.32 Å². The zero-order valence-corrected chi connectivity index (χ0v) is 15.6. The molecule has 0 spiro atoms. The number of alkyl halides is 3. The number of carbonyl (C=O) groups excluding carboxylic acids is 1. The van der Waals surface area contributed by atoms with Crippen molar-refractivity contribution in [3.8, 4) is 6.07 Å². The average Bonchev–Trinajstić information content (AvgIpc) is 2.72. The van der Waals surface area contributed by atoms with Crippen molar-refractivity contribution in [3.63, 3.8) is 0 Å². The Kier molecular flexibility index (Phi) is 6.14. The minimum Gasteiger partial charge on any atom is -0.321 e. The van der Waals surface area contributed by atoms with Crippen LogP contribution >= 0.6 is 11.8 Å². The van der Waals surface area contributed by atoms with Crippen molar-refractivity contribution in [1.82, 2.24) is 9.97 Å². The lowest BCUT2D eigenvalue weighted by molar-refractivity contribution is -0.137. The van der Waals surface area contributed by atoms with Gasteiger partial charge in [0.15, 0.2) is 0 Å². The van der Waals surface area contributed by atoms with Crippen LogP contribution in [0.15, 0.2) is 66.1 Å². The predicted octanol–water partition coefficient (Wildman–Crippen LogP) is 4.91. The van der Waals surface area contributed by atoms with Crippen LogP contribution in [0.4, 0.5) is 18.9 Å². The smallest absolute Gasteiger partial charge is 0.321 e. The summed E-state index contributed by atoms with van der Waals surface area (Å²) in [4.78, 5) is 20.9. The van der Waals surface area contributed by atoms with E-state index < -0.39 is 17.6 Å². The number of hydrogen-bond donors (Lipinski definition) is 1. The van der Waals surface area contributed by atoms with E-state index in [4.69, 9.17) is 5.26 Å². The molecular weight excluding hydrogens is 401 g/mol. The fourth-order valence-corrected chi connectivity index (χ4v) is 3.37. The standard InChI is InChI=1S/C20H13F3N4OS/c21-20(22,23)15-3-4-17(14(10-15)11-24)27-18(28)16-2-1-7-26-19(16)29-12-13-5-8-25-9-6-13/h1-10H,12H2,(H,27,28). The number of anilines is 1. The molecule has 0 bridgehead atoms. The molecule has 3 rings (SSSR count). The van der Waals surface area contributed by atoms with Gasteiger partial charge in [0.1, 0.15) is 11.1 Å². The van der Waals surface area contributed by atoms with E-state index in [-0.39, 0.29) is 16.8 Å². The minimum atomic E-state index is -4.58. The lowest BCUT2D eigenvalue weighted by Gasteiger charge is -2.12. The van der Waals surface area contributed by atoms with E-state index in [1.807, 2.05) is 12.1 Å². The van der Waals surface area contributed by atoms with Crippen LogP contribution in [-0.4, -0.2) is 15.9 Å². The van der Waals surface area contributed by atoms with Crippen molar-refractivity contribution >= 4 is 23.4 Å². The van der Waals surface area contributed by atoms with E-state index in [1.54, 1.807) is 36.8 Å². The molecule has 1 aromatic carbocycles. The van der Waals surface area contributed by atoms with Crippen LogP contribution in [-0.2, 0) is 11.9 Å². The van der Waals surface area contributed by atoms with Crippen LogP contribution in [0.2, 0.25) is 0 Å². The van der Waals surface area contributed by atoms with Gasteiger partial charge in [-0.25, -0.2) is 4.98 Å². The maximum atomic E-state index is 12.8. The molecule has 0 radical (unpaired) electrons. The number of halogens is 3. The Labute approximate surface area is 168 Å². The van der Waals surface area contributed by atoms with Gasteiger partial charge in [0.05, 0.1) is 22.4 Å². The lowest BCUT2D eigenvalue weighted by atomic mass is 10.1. The van der Waals surface area contributed by atoms with Crippen molar-refractivity contribution in [3.05, 3.63) is 83.3 Å². The minimum absolute atomic E-state index is 0.000521. The van der Waals surface area contributed by atoms with Gasteiger partial charge in [-0.05, 0) is 48.0 Å². The van der Waals surface area contributed by atoms with Crippen LogP contribution < -0.4 is 5.32 Å². The van der Waals surface area contributed by atoms with Crippen LogP contribution in [0.3, 0.4) is 0 Å². The van der Waals surface area contributed by atoms with Gasteiger partial charge in [0.2, 0.25) is 0 Å². The summed E-state index contributed by atoms with van der Waals surface area (Å²) in [6.45, 7) is 0. The third-order valence-corrected chi connectivity index (χ3v) is 4.93. The van der Waals surface area contributed by atoms with E-state index >= 15 is 0 Å². The zero-order chi connectivity index (χ0) is 20.9. The quantitative estimate of drug-likeness (QED) is 0.600. The second-order valence-electron chi connectivity index (χ2n) is 5.82. The van der Waals surface area contributed by atoms with Crippen LogP contribution in [0.1, 0.15) is 27.0 Å². The van der Waals surface area contributed by atoms with Crippen LogP contribution in [0, 0.1) is 11.3 Å². The highest BCUT2D eigenvalue weighted by atomic mass is 32.2. The molecular formula is C20H13F3N4OS. The Bertz CT molecular complexity index is 1070. The zero-order valence-electron chi connectivity index (χ0n) is 14.8. The molecule has 1 amide bonds. The topological polar surface area (TPSA) is 78.7 Å². The maximum Gasteiger partial charge on any atom is 0.416 e. The van der Waals surface area contributed by atoms with E-state index in [2.05, 4.69) is 15.3 Å². The van der Waals surface area contributed by atoms with Crippen molar-refractivity contribution in [1.29, 1.82) is 5.26 Å². The van der Waals surface area contributed by atoms with Crippen molar-refractivity contribution < 1.29 is 18.0 Å². The first-order chi connectivity index (χ1) is 13.9. The van der Waals surface area contributed by atoms with Crippen molar-refractivity contribution in [2.24, 2.45) is 0 Å². The number of benzene rings is 1. The van der Waals surface area contributed by atoms with E-state index in [0.29, 0.717) is 16.8 Å². The van der Waals surface area contributed by atoms with E-state index in [9.17, 15) is 18.0 Å². The third kappa shape index (κ3) is 5.12. The van der Waals surface area contributed by atoms with Gasteiger partial charge in [-0.1, -0.05) is 0 Å². The molecule has 5 nitrogen and oxygen atoms in total. The highest BCUT2D eigenvalue weighted by Gasteiger charge is 2.31. The van der Waals surface area contributed by atoms with Gasteiger partial charge in [0, 0.05) is 24.3 Å². The number of rotatable bonds is 5. The summed E-state index contributed by atoms with van der Waals surface area (Å²) in [5.41, 5.74) is 0.0244. The Morgan fingerprint density at radius 1 is 1.14 bits per heavy atom. The van der Waals surface area contributed by atoms with Gasteiger partial charge in [0.25, 0.3) is 5.91 Å². The fourth-order valence-electron chi connectivity index (χ4n) is 2.42. The second kappa shape index (κ2) is 8.75. The normalized spacial score (nSPS) is 11.0. The molecule has 0 fully saturated rings. The number of amides is 1. The molecule has 0 saturated carbocycles. The van der Waals surface area contributed by atoms with Gasteiger partial charge in [-0.3, -0.25) is 9.78 Å². The average molecular weight is 414 g/mol. The molecule has 1 N–H and O–H groups in total. The summed E-state index contributed by atoms with van der Waals surface area (Å²) in [7, 11) is 0. The molecule has 0 saturated heterocycles. The summed E-state index contributed by atoms with van der Waals surface area (Å²) < 4.78 is 38.5. The number of nitrogens with zero attached hydrogens (tertiary/aromatic N) is 3. The Morgan fingerprint density at radius 2 is 1.90 bits per heavy atom. The lowest BCUT2D eigenvalue weighted by Crippen LogP contribution is -2.15. The fraction of sp³-hybridized carbons (Fsp3) is 0.100. The third-order valence-electron chi connectivity index (χ3n) is 3.86. The number of aromatic nitrogens is 2. The van der Waals surface area contributed by atoms with Crippen LogP contribution in [0.25, 0.3) is 0 Å². The Balaban J connectivity index is 1.80. The summed E-state index contributed by atoms with van der Waals surface area (Å²) in [5, 5.41) is 12.1. The first kappa shape index (κ1) is 20.4. The molecule has 0 aliphatic rings. The summed E-state index contributed by atoms with van der Waals surface area (Å²) in [6.07, 6.45) is 0.296. The molecule has 2 heterocycles. The molecule has 0 aliphatic carbocycles. The monoisotopic (exact) mass is 414 g/mol. The number of pyridine rings is 2. The molecule has 0 atom stereocenters. The SMILES string of the molecule is N#Cc1cc(C(F)(F)F)ccc1NC(=O)c1cccnc1SCc1ccncc1. The van der Waals surface area contributed by atoms with Gasteiger partial charge < -0.3 is 5.32 Å². The predicted molar refractivity (Wildman–Crippen MR) is 102 cm³/mol. The highest BCUT2D eigenvalue weighted by Crippen LogP contribution is 2.32. The van der Waals surface area contributed by atoms with Gasteiger partial charge >= 0.3 is 6.18 Å². The first-order valence-corrected chi connectivity index (χ1v) is 9.26. The molecule has 0 unspecified atom stereocenters. The summed E-state index contributed by atoms with van der Waals surface area (Å²) in [6, 6.07) is 11.1. The second-order valence-corrected chi connectivity index (χ2v) is 6.79. The van der Waals surface area contributed by atoms with E-state index in [1.165, 1.54) is 11.8 Å². The highest BCUT2D eigenvalue weighted by molar-refractivity contribution is 7.98. The number of nitrogens with one attached hydrogen (secondary N) is 1. The molecule has 146 valence electrons. The molecule has 3 aromatic rings. The number of nitriles is 1.